The van der Waals surface area contributed by atoms with Crippen molar-refractivity contribution in [1.29, 1.82) is 5.26 Å². The summed E-state index contributed by atoms with van der Waals surface area (Å²) in [6, 6.07) is 4.48. The summed E-state index contributed by atoms with van der Waals surface area (Å²) >= 11 is 9.13. The van der Waals surface area contributed by atoms with Crippen LogP contribution in [0.25, 0.3) is 0 Å². The molecule has 0 atom stereocenters. The van der Waals surface area contributed by atoms with Gasteiger partial charge in [-0.15, -0.1) is 0 Å². The van der Waals surface area contributed by atoms with Crippen LogP contribution in [0.15, 0.2) is 16.6 Å². The van der Waals surface area contributed by atoms with Crippen LogP contribution < -0.4 is 5.32 Å². The number of amides is 1. The highest BCUT2D eigenvalue weighted by atomic mass is 79.9. The van der Waals surface area contributed by atoms with Crippen LogP contribution in [-0.2, 0) is 4.79 Å². The number of benzene rings is 1. The minimum Gasteiger partial charge on any atom is -0.322 e. The second-order valence-corrected chi connectivity index (χ2v) is 6.15. The first-order chi connectivity index (χ1) is 9.90. The lowest BCUT2D eigenvalue weighted by Gasteiger charge is -2.25. The normalized spacial score (nSPS) is 11.0. The largest absolute Gasteiger partial charge is 0.322 e. The molecule has 0 aromatic heterocycles. The standard InChI is InChI=1S/C15H17BrClFN2O/c1-3-5-15(9-19,6-4-2)14(21)20-13-11(16)7-10(18)8-12(13)17/h7-8H,3-6H2,1-2H3,(H,20,21). The van der Waals surface area contributed by atoms with E-state index in [4.69, 9.17) is 11.6 Å². The molecule has 6 heteroatoms. The number of rotatable bonds is 6. The fraction of sp³-hybridized carbons (Fsp3) is 0.467. The minimum atomic E-state index is -1.08. The zero-order valence-electron chi connectivity index (χ0n) is 12.0. The number of anilines is 1. The van der Waals surface area contributed by atoms with E-state index in [0.717, 1.165) is 18.9 Å². The van der Waals surface area contributed by atoms with Crippen molar-refractivity contribution in [2.45, 2.75) is 39.5 Å². The first kappa shape index (κ1) is 17.9. The molecule has 0 spiro atoms. The summed E-state index contributed by atoms with van der Waals surface area (Å²) in [7, 11) is 0. The number of carbonyl (C=O) groups is 1. The summed E-state index contributed by atoms with van der Waals surface area (Å²) in [4.78, 5) is 12.5. The molecular formula is C15H17BrClFN2O. The van der Waals surface area contributed by atoms with Crippen LogP contribution in [0.4, 0.5) is 10.1 Å². The van der Waals surface area contributed by atoms with Gasteiger partial charge in [0.15, 0.2) is 0 Å². The molecule has 0 fully saturated rings. The second kappa shape index (κ2) is 7.77. The molecule has 1 aromatic carbocycles. The third-order valence-corrected chi connectivity index (χ3v) is 4.17. The van der Waals surface area contributed by atoms with Crippen LogP contribution >= 0.6 is 27.5 Å². The molecule has 1 rings (SSSR count). The SMILES string of the molecule is CCCC(C#N)(CCC)C(=O)Nc1c(Cl)cc(F)cc1Br. The van der Waals surface area contributed by atoms with Crippen LogP contribution in [-0.4, -0.2) is 5.91 Å². The van der Waals surface area contributed by atoms with Gasteiger partial charge < -0.3 is 5.32 Å². The Bertz CT molecular complexity index is 542. The lowest BCUT2D eigenvalue weighted by Crippen LogP contribution is -2.35. The number of carbonyl (C=O) groups excluding carboxylic acids is 1. The molecule has 0 saturated heterocycles. The van der Waals surface area contributed by atoms with E-state index >= 15 is 0 Å². The molecule has 21 heavy (non-hydrogen) atoms. The maximum absolute atomic E-state index is 13.2. The molecule has 0 aliphatic carbocycles. The van der Waals surface area contributed by atoms with Gasteiger partial charge in [0.1, 0.15) is 11.2 Å². The molecule has 0 radical (unpaired) electrons. The lowest BCUT2D eigenvalue weighted by molar-refractivity contribution is -0.123. The highest BCUT2D eigenvalue weighted by Gasteiger charge is 2.37. The molecule has 0 saturated carbocycles. The van der Waals surface area contributed by atoms with Gasteiger partial charge in [-0.25, -0.2) is 4.39 Å². The molecule has 0 bridgehead atoms. The Balaban J connectivity index is 3.11. The van der Waals surface area contributed by atoms with Crippen LogP contribution in [0, 0.1) is 22.6 Å². The van der Waals surface area contributed by atoms with Crippen molar-refractivity contribution in [1.82, 2.24) is 0 Å². The summed E-state index contributed by atoms with van der Waals surface area (Å²) in [5.41, 5.74) is -0.796. The topological polar surface area (TPSA) is 52.9 Å². The van der Waals surface area contributed by atoms with Crippen molar-refractivity contribution in [3.05, 3.63) is 27.4 Å². The van der Waals surface area contributed by atoms with E-state index in [1.165, 1.54) is 6.07 Å². The fourth-order valence-electron chi connectivity index (χ4n) is 2.26. The summed E-state index contributed by atoms with van der Waals surface area (Å²) in [5, 5.41) is 12.2. The Hall–Kier alpha value is -1.12. The van der Waals surface area contributed by atoms with Crippen molar-refractivity contribution >= 4 is 39.1 Å². The monoisotopic (exact) mass is 374 g/mol. The Kier molecular flexibility index (Phi) is 6.63. The number of nitrogens with one attached hydrogen (secondary N) is 1. The van der Waals surface area contributed by atoms with E-state index in [-0.39, 0.29) is 10.7 Å². The molecule has 0 heterocycles. The molecular weight excluding hydrogens is 359 g/mol. The van der Waals surface area contributed by atoms with Gasteiger partial charge in [0.05, 0.1) is 16.8 Å². The van der Waals surface area contributed by atoms with Crippen molar-refractivity contribution in [2.75, 3.05) is 5.32 Å². The van der Waals surface area contributed by atoms with Crippen LogP contribution in [0.5, 0.6) is 0 Å². The van der Waals surface area contributed by atoms with Gasteiger partial charge in [-0.2, -0.15) is 5.26 Å². The predicted molar refractivity (Wildman–Crippen MR) is 85.6 cm³/mol. The average molecular weight is 376 g/mol. The molecule has 1 N–H and O–H groups in total. The maximum atomic E-state index is 13.2. The quantitative estimate of drug-likeness (QED) is 0.734. The van der Waals surface area contributed by atoms with E-state index in [0.29, 0.717) is 17.3 Å². The summed E-state index contributed by atoms with van der Waals surface area (Å²) < 4.78 is 13.6. The van der Waals surface area contributed by atoms with Gasteiger partial charge in [0.2, 0.25) is 5.91 Å². The van der Waals surface area contributed by atoms with Crippen molar-refractivity contribution in [2.24, 2.45) is 5.41 Å². The minimum absolute atomic E-state index is 0.0926. The first-order valence-corrected chi connectivity index (χ1v) is 7.94. The first-order valence-electron chi connectivity index (χ1n) is 6.77. The van der Waals surface area contributed by atoms with E-state index in [1.807, 2.05) is 13.8 Å². The second-order valence-electron chi connectivity index (χ2n) is 4.89. The molecule has 0 unspecified atom stereocenters. The van der Waals surface area contributed by atoms with Gasteiger partial charge in [0, 0.05) is 4.47 Å². The third kappa shape index (κ3) is 4.18. The van der Waals surface area contributed by atoms with Crippen LogP contribution in [0.1, 0.15) is 39.5 Å². The number of nitrogens with zero attached hydrogens (tertiary/aromatic N) is 1. The van der Waals surface area contributed by atoms with Crippen LogP contribution in [0.3, 0.4) is 0 Å². The van der Waals surface area contributed by atoms with E-state index < -0.39 is 17.1 Å². The Labute approximate surface area is 137 Å². The molecule has 0 aliphatic heterocycles. The third-order valence-electron chi connectivity index (χ3n) is 3.25. The van der Waals surface area contributed by atoms with Gasteiger partial charge >= 0.3 is 0 Å². The van der Waals surface area contributed by atoms with Crippen molar-refractivity contribution in [3.63, 3.8) is 0 Å². The van der Waals surface area contributed by atoms with Gasteiger partial charge in [-0.3, -0.25) is 4.79 Å². The van der Waals surface area contributed by atoms with E-state index in [1.54, 1.807) is 0 Å². The highest BCUT2D eigenvalue weighted by Crippen LogP contribution is 2.35. The zero-order chi connectivity index (χ0) is 16.0. The molecule has 3 nitrogen and oxygen atoms in total. The Morgan fingerprint density at radius 2 is 2.00 bits per heavy atom. The number of halogens is 3. The highest BCUT2D eigenvalue weighted by molar-refractivity contribution is 9.10. The van der Waals surface area contributed by atoms with Gasteiger partial charge in [-0.05, 0) is 40.9 Å². The lowest BCUT2D eigenvalue weighted by atomic mass is 9.79. The molecule has 114 valence electrons. The fourth-order valence-corrected chi connectivity index (χ4v) is 3.16. The van der Waals surface area contributed by atoms with Crippen molar-refractivity contribution in [3.8, 4) is 6.07 Å². The number of hydrogen-bond donors (Lipinski definition) is 1. The average Bonchev–Trinajstić information content (AvgIpc) is 2.42. The van der Waals surface area contributed by atoms with E-state index in [2.05, 4.69) is 27.3 Å². The van der Waals surface area contributed by atoms with Crippen LogP contribution in [0.2, 0.25) is 5.02 Å². The molecule has 0 aliphatic rings. The summed E-state index contributed by atoms with van der Waals surface area (Å²) in [5.74, 6) is -0.901. The van der Waals surface area contributed by atoms with Gasteiger partial charge in [0.25, 0.3) is 0 Å². The predicted octanol–water partition coefficient (Wildman–Crippen LogP) is 5.29. The Morgan fingerprint density at radius 1 is 1.43 bits per heavy atom. The number of nitriles is 1. The maximum Gasteiger partial charge on any atom is 0.244 e. The van der Waals surface area contributed by atoms with E-state index in [9.17, 15) is 14.4 Å². The number of hydrogen-bond acceptors (Lipinski definition) is 2. The van der Waals surface area contributed by atoms with Gasteiger partial charge in [-0.1, -0.05) is 38.3 Å². The smallest absolute Gasteiger partial charge is 0.244 e. The molecule has 1 aromatic rings. The Morgan fingerprint density at radius 3 is 2.43 bits per heavy atom. The van der Waals surface area contributed by atoms with Crippen molar-refractivity contribution < 1.29 is 9.18 Å². The zero-order valence-corrected chi connectivity index (χ0v) is 14.3. The molecule has 1 amide bonds. The summed E-state index contributed by atoms with van der Waals surface area (Å²) in [6.45, 7) is 3.85. The summed E-state index contributed by atoms with van der Waals surface area (Å²) in [6.07, 6.45) is 2.39.